The van der Waals surface area contributed by atoms with Crippen LogP contribution in [0, 0.1) is 19.8 Å². The fourth-order valence-electron chi connectivity index (χ4n) is 4.93. The SMILES string of the molecule is CCc1cc(C)c2c(c1)NC(=O)N(C1CCC(C(=O)Nc3ccc(C)c(OC)c3)CC1)C2. The number of hydrogen-bond donors (Lipinski definition) is 2. The van der Waals surface area contributed by atoms with E-state index in [-0.39, 0.29) is 23.9 Å². The van der Waals surface area contributed by atoms with Gasteiger partial charge in [0.15, 0.2) is 0 Å². The van der Waals surface area contributed by atoms with Crippen molar-refractivity contribution in [1.82, 2.24) is 4.90 Å². The van der Waals surface area contributed by atoms with Crippen molar-refractivity contribution in [2.45, 2.75) is 65.5 Å². The maximum atomic E-state index is 12.8. The molecule has 4 rings (SSSR count). The van der Waals surface area contributed by atoms with Crippen LogP contribution in [-0.2, 0) is 17.8 Å². The number of aryl methyl sites for hydroxylation is 3. The number of carbonyl (C=O) groups is 2. The van der Waals surface area contributed by atoms with E-state index in [0.29, 0.717) is 6.54 Å². The number of methoxy groups -OCH3 is 1. The van der Waals surface area contributed by atoms with Gasteiger partial charge in [0.2, 0.25) is 5.91 Å². The highest BCUT2D eigenvalue weighted by Gasteiger charge is 2.34. The van der Waals surface area contributed by atoms with Gasteiger partial charge in [-0.1, -0.05) is 19.1 Å². The lowest BCUT2D eigenvalue weighted by molar-refractivity contribution is -0.121. The Balaban J connectivity index is 1.37. The van der Waals surface area contributed by atoms with Crippen molar-refractivity contribution in [3.05, 3.63) is 52.6 Å². The Kier molecular flexibility index (Phi) is 6.40. The molecule has 3 amide bonds. The Hall–Kier alpha value is -3.02. The van der Waals surface area contributed by atoms with Gasteiger partial charge in [-0.2, -0.15) is 0 Å². The second kappa shape index (κ2) is 9.23. The van der Waals surface area contributed by atoms with Crippen molar-refractivity contribution in [1.29, 1.82) is 0 Å². The summed E-state index contributed by atoms with van der Waals surface area (Å²) < 4.78 is 5.36. The van der Waals surface area contributed by atoms with Gasteiger partial charge >= 0.3 is 6.03 Å². The first kappa shape index (κ1) is 22.2. The number of urea groups is 1. The van der Waals surface area contributed by atoms with Crippen molar-refractivity contribution in [2.75, 3.05) is 17.7 Å². The Morgan fingerprint density at radius 2 is 1.88 bits per heavy atom. The molecule has 0 bridgehead atoms. The molecule has 2 N–H and O–H groups in total. The number of hydrogen-bond acceptors (Lipinski definition) is 3. The lowest BCUT2D eigenvalue weighted by atomic mass is 9.84. The third-order valence-corrected chi connectivity index (χ3v) is 6.96. The molecule has 6 nitrogen and oxygen atoms in total. The van der Waals surface area contributed by atoms with Gasteiger partial charge in [-0.15, -0.1) is 0 Å². The van der Waals surface area contributed by atoms with Crippen LogP contribution in [0.25, 0.3) is 0 Å². The second-order valence-electron chi connectivity index (χ2n) is 9.03. The van der Waals surface area contributed by atoms with Crippen LogP contribution in [0.15, 0.2) is 30.3 Å². The average molecular weight is 436 g/mol. The van der Waals surface area contributed by atoms with Crippen LogP contribution in [0.1, 0.15) is 54.9 Å². The van der Waals surface area contributed by atoms with Gasteiger partial charge in [-0.05, 0) is 80.3 Å². The molecule has 1 saturated carbocycles. The number of nitrogens with zero attached hydrogens (tertiary/aromatic N) is 1. The predicted molar refractivity (Wildman–Crippen MR) is 127 cm³/mol. The number of rotatable bonds is 5. The largest absolute Gasteiger partial charge is 0.496 e. The van der Waals surface area contributed by atoms with E-state index in [2.05, 4.69) is 36.6 Å². The second-order valence-corrected chi connectivity index (χ2v) is 9.03. The zero-order chi connectivity index (χ0) is 22.8. The quantitative estimate of drug-likeness (QED) is 0.659. The fraction of sp³-hybridized carbons (Fsp3) is 0.462. The van der Waals surface area contributed by atoms with E-state index < -0.39 is 0 Å². The van der Waals surface area contributed by atoms with Crippen LogP contribution in [0.5, 0.6) is 5.75 Å². The molecule has 2 aromatic carbocycles. The summed E-state index contributed by atoms with van der Waals surface area (Å²) in [5.41, 5.74) is 6.42. The molecule has 0 aromatic heterocycles. The Morgan fingerprint density at radius 1 is 1.12 bits per heavy atom. The van der Waals surface area contributed by atoms with Crippen molar-refractivity contribution in [2.24, 2.45) is 5.92 Å². The van der Waals surface area contributed by atoms with E-state index in [1.54, 1.807) is 7.11 Å². The zero-order valence-electron chi connectivity index (χ0n) is 19.5. The molecule has 32 heavy (non-hydrogen) atoms. The van der Waals surface area contributed by atoms with Crippen LogP contribution < -0.4 is 15.4 Å². The van der Waals surface area contributed by atoms with Gasteiger partial charge in [-0.25, -0.2) is 4.79 Å². The van der Waals surface area contributed by atoms with E-state index in [9.17, 15) is 9.59 Å². The Bertz CT molecular complexity index is 1030. The van der Waals surface area contributed by atoms with Crippen LogP contribution in [0.3, 0.4) is 0 Å². The smallest absolute Gasteiger partial charge is 0.322 e. The summed E-state index contributed by atoms with van der Waals surface area (Å²) >= 11 is 0. The van der Waals surface area contributed by atoms with Gasteiger partial charge in [-0.3, -0.25) is 4.79 Å². The van der Waals surface area contributed by atoms with E-state index in [4.69, 9.17) is 4.74 Å². The van der Waals surface area contributed by atoms with Crippen LogP contribution in [-0.4, -0.2) is 30.0 Å². The fourth-order valence-corrected chi connectivity index (χ4v) is 4.93. The number of nitrogens with one attached hydrogen (secondary N) is 2. The van der Waals surface area contributed by atoms with Crippen molar-refractivity contribution in [3.63, 3.8) is 0 Å². The molecule has 0 spiro atoms. The van der Waals surface area contributed by atoms with Crippen LogP contribution in [0.4, 0.5) is 16.2 Å². The number of fused-ring (bicyclic) bond motifs is 1. The maximum absolute atomic E-state index is 12.8. The molecule has 0 radical (unpaired) electrons. The van der Waals surface area contributed by atoms with E-state index in [1.165, 1.54) is 16.7 Å². The summed E-state index contributed by atoms with van der Waals surface area (Å²) in [7, 11) is 1.63. The van der Waals surface area contributed by atoms with Gasteiger partial charge in [0.25, 0.3) is 0 Å². The molecule has 0 unspecified atom stereocenters. The number of anilines is 2. The first-order valence-corrected chi connectivity index (χ1v) is 11.5. The molecule has 1 aliphatic carbocycles. The van der Waals surface area contributed by atoms with E-state index in [0.717, 1.165) is 54.8 Å². The minimum Gasteiger partial charge on any atom is -0.496 e. The van der Waals surface area contributed by atoms with E-state index >= 15 is 0 Å². The third kappa shape index (κ3) is 4.45. The summed E-state index contributed by atoms with van der Waals surface area (Å²) in [6, 6.07) is 10.2. The molecule has 0 saturated heterocycles. The van der Waals surface area contributed by atoms with Gasteiger partial charge in [0.05, 0.1) is 13.7 Å². The summed E-state index contributed by atoms with van der Waals surface area (Å²) in [5, 5.41) is 6.14. The summed E-state index contributed by atoms with van der Waals surface area (Å²) in [4.78, 5) is 27.6. The van der Waals surface area contributed by atoms with Crippen molar-refractivity contribution < 1.29 is 14.3 Å². The number of carbonyl (C=O) groups excluding carboxylic acids is 2. The van der Waals surface area contributed by atoms with Gasteiger partial charge in [0.1, 0.15) is 5.75 Å². The number of benzene rings is 2. The maximum Gasteiger partial charge on any atom is 0.322 e. The van der Waals surface area contributed by atoms with E-state index in [1.807, 2.05) is 30.0 Å². The summed E-state index contributed by atoms with van der Waals surface area (Å²) in [6.07, 6.45) is 4.19. The lowest BCUT2D eigenvalue weighted by Gasteiger charge is -2.39. The monoisotopic (exact) mass is 435 g/mol. The normalized spacial score (nSPS) is 20.4. The molecule has 6 heteroatoms. The standard InChI is InChI=1S/C26H33N3O3/c1-5-18-12-17(3)22-15-29(26(31)28-23(22)13-18)21-10-7-19(8-11-21)25(30)27-20-9-6-16(2)24(14-20)32-4/h6,9,12-14,19,21H,5,7-8,10-11,15H2,1-4H3,(H,27,30)(H,28,31). The summed E-state index contributed by atoms with van der Waals surface area (Å²) in [5.74, 6) is 0.780. The Labute approximate surface area is 190 Å². The molecule has 0 atom stereocenters. The summed E-state index contributed by atoms with van der Waals surface area (Å²) in [6.45, 7) is 6.86. The predicted octanol–water partition coefficient (Wildman–Crippen LogP) is 5.42. The molecule has 1 fully saturated rings. The molecule has 2 aliphatic rings. The molecule has 1 aliphatic heterocycles. The molecular weight excluding hydrogens is 402 g/mol. The lowest BCUT2D eigenvalue weighted by Crippen LogP contribution is -2.47. The molecule has 170 valence electrons. The zero-order valence-corrected chi connectivity index (χ0v) is 19.5. The van der Waals surface area contributed by atoms with Crippen molar-refractivity contribution >= 4 is 23.3 Å². The molecular formula is C26H33N3O3. The number of amides is 3. The highest BCUT2D eigenvalue weighted by atomic mass is 16.5. The minimum absolute atomic E-state index is 0.0233. The van der Waals surface area contributed by atoms with Gasteiger partial charge < -0.3 is 20.3 Å². The minimum atomic E-state index is -0.0347. The highest BCUT2D eigenvalue weighted by Crippen LogP contribution is 2.34. The van der Waals surface area contributed by atoms with Crippen LogP contribution in [0.2, 0.25) is 0 Å². The first-order chi connectivity index (χ1) is 15.4. The van der Waals surface area contributed by atoms with Crippen molar-refractivity contribution in [3.8, 4) is 5.75 Å². The molecule has 2 aromatic rings. The number of ether oxygens (including phenoxy) is 1. The third-order valence-electron chi connectivity index (χ3n) is 6.96. The van der Waals surface area contributed by atoms with Gasteiger partial charge in [0, 0.05) is 29.4 Å². The Morgan fingerprint density at radius 3 is 2.56 bits per heavy atom. The highest BCUT2D eigenvalue weighted by molar-refractivity contribution is 5.94. The molecule has 1 heterocycles. The van der Waals surface area contributed by atoms with Crippen LogP contribution >= 0.6 is 0 Å². The topological polar surface area (TPSA) is 70.7 Å². The average Bonchev–Trinajstić information content (AvgIpc) is 2.79. The first-order valence-electron chi connectivity index (χ1n) is 11.5.